The minimum atomic E-state index is 0. The average Bonchev–Trinajstić information content (AvgIpc) is 2.56. The molecule has 0 aliphatic carbocycles. The van der Waals surface area contributed by atoms with E-state index in [0.29, 0.717) is 4.32 Å². The molecule has 142 valence electrons. The van der Waals surface area contributed by atoms with Crippen LogP contribution < -0.4 is 29.6 Å². The number of rotatable bonds is 6. The quantitative estimate of drug-likeness (QED) is 0.248. The van der Waals surface area contributed by atoms with Crippen LogP contribution in [0.5, 0.6) is 0 Å². The SMILES string of the molecule is CCN(CC)C(=S)SSC(=S)N(CC)CC.CCN(CC)C(=S)[S-].[Na+]. The van der Waals surface area contributed by atoms with Gasteiger partial charge in [0.1, 0.15) is 8.64 Å². The number of thiocarbonyl (C=S) groups is 3. The molecule has 0 fully saturated rings. The first-order chi connectivity index (χ1) is 11.3. The van der Waals surface area contributed by atoms with Crippen molar-refractivity contribution in [3.8, 4) is 0 Å². The summed E-state index contributed by atoms with van der Waals surface area (Å²) < 4.78 is 2.42. The third-order valence-corrected chi connectivity index (χ3v) is 7.50. The van der Waals surface area contributed by atoms with Crippen molar-refractivity contribution in [1.82, 2.24) is 14.7 Å². The van der Waals surface area contributed by atoms with E-state index in [1.165, 1.54) is 0 Å². The number of hydrogen-bond donors (Lipinski definition) is 0. The van der Waals surface area contributed by atoms with Gasteiger partial charge in [-0.3, -0.25) is 0 Å². The van der Waals surface area contributed by atoms with Crippen molar-refractivity contribution in [3.63, 3.8) is 0 Å². The predicted octanol–water partition coefficient (Wildman–Crippen LogP) is 1.79. The summed E-state index contributed by atoms with van der Waals surface area (Å²) in [7, 11) is 3.18. The fraction of sp³-hybridized carbons (Fsp3) is 0.800. The molecule has 0 aromatic rings. The monoisotopic (exact) mass is 467 g/mol. The molecule has 0 spiro atoms. The van der Waals surface area contributed by atoms with E-state index in [4.69, 9.17) is 49.3 Å². The Morgan fingerprint density at radius 1 is 0.640 bits per heavy atom. The van der Waals surface area contributed by atoms with Gasteiger partial charge in [-0.1, -0.05) is 28.8 Å². The molecule has 10 heteroatoms. The van der Waals surface area contributed by atoms with Gasteiger partial charge in [0.15, 0.2) is 0 Å². The zero-order valence-electron chi connectivity index (χ0n) is 16.5. The van der Waals surface area contributed by atoms with Crippen LogP contribution in [0.3, 0.4) is 0 Å². The molecule has 0 radical (unpaired) electrons. The molecule has 0 heterocycles. The maximum absolute atomic E-state index is 5.34. The van der Waals surface area contributed by atoms with Gasteiger partial charge in [0.05, 0.1) is 0 Å². The fourth-order valence-electron chi connectivity index (χ4n) is 1.62. The van der Waals surface area contributed by atoms with E-state index in [-0.39, 0.29) is 29.6 Å². The van der Waals surface area contributed by atoms with Crippen LogP contribution >= 0.6 is 58.2 Å². The van der Waals surface area contributed by atoms with Gasteiger partial charge < -0.3 is 39.5 Å². The first-order valence-electron chi connectivity index (χ1n) is 8.20. The zero-order chi connectivity index (χ0) is 19.1. The molecule has 0 saturated heterocycles. The van der Waals surface area contributed by atoms with Crippen LogP contribution in [0.2, 0.25) is 0 Å². The molecule has 0 N–H and O–H groups in total. The average molecular weight is 468 g/mol. The third-order valence-electron chi connectivity index (χ3n) is 3.25. The maximum atomic E-state index is 5.34. The van der Waals surface area contributed by atoms with Gasteiger partial charge in [-0.2, -0.15) is 0 Å². The zero-order valence-corrected chi connectivity index (χ0v) is 23.4. The largest absolute Gasteiger partial charge is 1.00 e. The topological polar surface area (TPSA) is 9.72 Å². The number of nitrogens with zero attached hydrogens (tertiary/aromatic N) is 3. The molecular weight excluding hydrogens is 438 g/mol. The Morgan fingerprint density at radius 2 is 0.880 bits per heavy atom. The molecule has 0 amide bonds. The van der Waals surface area contributed by atoms with E-state index < -0.39 is 0 Å². The van der Waals surface area contributed by atoms with E-state index in [0.717, 1.165) is 47.9 Å². The first kappa shape index (κ1) is 31.3. The summed E-state index contributed by atoms with van der Waals surface area (Å²) in [6, 6.07) is 0. The molecule has 0 saturated carbocycles. The van der Waals surface area contributed by atoms with Gasteiger partial charge in [-0.15, -0.1) is 0 Å². The second-order valence-corrected chi connectivity index (χ2v) is 8.91. The van der Waals surface area contributed by atoms with Crippen molar-refractivity contribution in [2.75, 3.05) is 39.3 Å². The summed E-state index contributed by atoms with van der Waals surface area (Å²) in [6.07, 6.45) is 0. The van der Waals surface area contributed by atoms with Crippen molar-refractivity contribution in [2.45, 2.75) is 41.5 Å². The molecule has 0 aromatic heterocycles. The second-order valence-electron chi connectivity index (χ2n) is 4.48. The summed E-state index contributed by atoms with van der Waals surface area (Å²) in [5, 5.41) is 0. The molecule has 0 unspecified atom stereocenters. The van der Waals surface area contributed by atoms with E-state index in [9.17, 15) is 0 Å². The summed E-state index contributed by atoms with van der Waals surface area (Å²) in [5.41, 5.74) is 0. The summed E-state index contributed by atoms with van der Waals surface area (Å²) in [5.74, 6) is 0. The van der Waals surface area contributed by atoms with E-state index in [1.54, 1.807) is 21.6 Å². The molecular formula is C15H30N3NaS6. The Morgan fingerprint density at radius 3 is 1.00 bits per heavy atom. The van der Waals surface area contributed by atoms with Crippen LogP contribution in [0.25, 0.3) is 0 Å². The summed E-state index contributed by atoms with van der Waals surface area (Å²) in [6.45, 7) is 18.2. The van der Waals surface area contributed by atoms with Gasteiger partial charge in [0.25, 0.3) is 0 Å². The minimum absolute atomic E-state index is 0. The smallest absolute Gasteiger partial charge is 0.411 e. The summed E-state index contributed by atoms with van der Waals surface area (Å²) in [4.78, 5) is 6.29. The molecule has 0 bridgehead atoms. The standard InChI is InChI=1S/C10H20N2S4.C5H11NS2.Na/c1-5-11(6-2)9(13)15-16-10(14)12(7-3)8-4;1-3-6(4-2)5(7)8;/h5-8H2,1-4H3;3-4H2,1-2H3,(H,7,8);/q;;+1/p-1. The fourth-order valence-corrected chi connectivity index (χ4v) is 5.20. The van der Waals surface area contributed by atoms with E-state index in [2.05, 4.69) is 37.5 Å². The normalized spacial score (nSPS) is 9.20. The molecule has 0 aliphatic heterocycles. The number of hydrogen-bond acceptors (Lipinski definition) is 6. The maximum Gasteiger partial charge on any atom is 1.00 e. The van der Waals surface area contributed by atoms with Crippen LogP contribution in [0.15, 0.2) is 0 Å². The van der Waals surface area contributed by atoms with Crippen LogP contribution in [-0.4, -0.2) is 66.9 Å². The van der Waals surface area contributed by atoms with Gasteiger partial charge in [-0.25, -0.2) is 0 Å². The molecule has 0 atom stereocenters. The van der Waals surface area contributed by atoms with Crippen LogP contribution in [0.4, 0.5) is 0 Å². The van der Waals surface area contributed by atoms with Crippen molar-refractivity contribution >= 4 is 83.8 Å². The first-order valence-corrected chi connectivity index (χ1v) is 12.0. The Balaban J connectivity index is -0.000000457. The minimum Gasteiger partial charge on any atom is -0.411 e. The Kier molecular flexibility index (Phi) is 25.4. The molecule has 25 heavy (non-hydrogen) atoms. The Hall–Kier alpha value is 1.59. The van der Waals surface area contributed by atoms with E-state index >= 15 is 0 Å². The van der Waals surface area contributed by atoms with Crippen molar-refractivity contribution in [1.29, 1.82) is 0 Å². The Bertz CT molecular complexity index is 348. The van der Waals surface area contributed by atoms with Crippen molar-refractivity contribution in [3.05, 3.63) is 0 Å². The van der Waals surface area contributed by atoms with Crippen LogP contribution in [-0.2, 0) is 12.6 Å². The van der Waals surface area contributed by atoms with Gasteiger partial charge >= 0.3 is 29.6 Å². The third kappa shape index (κ3) is 15.2. The molecule has 0 aliphatic rings. The van der Waals surface area contributed by atoms with Crippen LogP contribution in [0.1, 0.15) is 41.5 Å². The van der Waals surface area contributed by atoms with E-state index in [1.807, 2.05) is 18.7 Å². The van der Waals surface area contributed by atoms with Crippen LogP contribution in [0, 0.1) is 0 Å². The predicted molar refractivity (Wildman–Crippen MR) is 129 cm³/mol. The van der Waals surface area contributed by atoms with Gasteiger partial charge in [0.2, 0.25) is 0 Å². The second kappa shape index (κ2) is 20.3. The van der Waals surface area contributed by atoms with Gasteiger partial charge in [0, 0.05) is 39.3 Å². The molecule has 3 nitrogen and oxygen atoms in total. The molecule has 0 rings (SSSR count). The van der Waals surface area contributed by atoms with Gasteiger partial charge in [-0.05, 0) is 63.1 Å². The van der Waals surface area contributed by atoms with Crippen molar-refractivity contribution < 1.29 is 29.6 Å². The Labute approximate surface area is 206 Å². The molecule has 0 aromatic carbocycles. The summed E-state index contributed by atoms with van der Waals surface area (Å²) >= 11 is 20.2. The van der Waals surface area contributed by atoms with Crippen molar-refractivity contribution in [2.24, 2.45) is 0 Å².